The first-order valence-corrected chi connectivity index (χ1v) is 9.31. The van der Waals surface area contributed by atoms with Crippen molar-refractivity contribution in [3.8, 4) is 0 Å². The Kier molecular flexibility index (Phi) is 5.59. The zero-order chi connectivity index (χ0) is 15.5. The molecule has 8 heteroatoms. The quantitative estimate of drug-likeness (QED) is 0.703. The van der Waals surface area contributed by atoms with E-state index in [2.05, 4.69) is 4.90 Å². The largest absolute Gasteiger partial charge is 0.396 e. The van der Waals surface area contributed by atoms with Crippen molar-refractivity contribution < 1.29 is 18.3 Å². The molecule has 0 bridgehead atoms. The second kappa shape index (κ2) is 7.04. The van der Waals surface area contributed by atoms with Crippen molar-refractivity contribution in [1.82, 2.24) is 14.1 Å². The van der Waals surface area contributed by atoms with Crippen molar-refractivity contribution in [1.29, 1.82) is 0 Å². The zero-order valence-electron chi connectivity index (χ0n) is 12.6. The molecule has 0 atom stereocenters. The van der Waals surface area contributed by atoms with E-state index in [0.29, 0.717) is 38.6 Å². The van der Waals surface area contributed by atoms with Gasteiger partial charge in [0.15, 0.2) is 0 Å². The molecule has 0 aromatic carbocycles. The maximum absolute atomic E-state index is 12.2. The Labute approximate surface area is 126 Å². The van der Waals surface area contributed by atoms with Gasteiger partial charge in [0.05, 0.1) is 12.8 Å². The van der Waals surface area contributed by atoms with Crippen molar-refractivity contribution >= 4 is 15.9 Å². The van der Waals surface area contributed by atoms with Crippen LogP contribution in [0.4, 0.5) is 0 Å². The predicted molar refractivity (Wildman–Crippen MR) is 79.2 cm³/mol. The molecule has 0 spiro atoms. The Hall–Kier alpha value is -0.700. The molecule has 0 radical (unpaired) electrons. The van der Waals surface area contributed by atoms with Crippen molar-refractivity contribution in [2.45, 2.75) is 12.8 Å². The fraction of sp³-hybridized carbons (Fsp3) is 0.923. The molecule has 0 aromatic heterocycles. The number of amides is 1. The highest BCUT2D eigenvalue weighted by molar-refractivity contribution is 7.88. The Bertz CT molecular complexity index is 452. The average molecular weight is 319 g/mol. The van der Waals surface area contributed by atoms with E-state index in [9.17, 15) is 13.2 Å². The lowest BCUT2D eigenvalue weighted by Crippen LogP contribution is -2.52. The second-order valence-corrected chi connectivity index (χ2v) is 7.93. The number of sulfonamides is 1. The number of piperazine rings is 1. The maximum atomic E-state index is 12.2. The number of aliphatic hydroxyl groups excluding tert-OH is 1. The normalized spacial score (nSPS) is 23.4. The predicted octanol–water partition coefficient (Wildman–Crippen LogP) is -1.21. The van der Waals surface area contributed by atoms with E-state index in [-0.39, 0.29) is 12.5 Å². The highest BCUT2D eigenvalue weighted by atomic mass is 32.2. The molecule has 0 aromatic rings. The lowest BCUT2D eigenvalue weighted by atomic mass is 9.98. The minimum Gasteiger partial charge on any atom is -0.396 e. The number of aliphatic hydroxyl groups is 1. The molecule has 7 nitrogen and oxygen atoms in total. The number of carbonyl (C=O) groups excluding carboxylic acids is 1. The monoisotopic (exact) mass is 319 g/mol. The summed E-state index contributed by atoms with van der Waals surface area (Å²) in [6.45, 7) is 4.04. The van der Waals surface area contributed by atoms with Gasteiger partial charge in [0.25, 0.3) is 0 Å². The fourth-order valence-corrected chi connectivity index (χ4v) is 3.71. The molecule has 122 valence electrons. The van der Waals surface area contributed by atoms with E-state index in [1.165, 1.54) is 10.6 Å². The second-order valence-electron chi connectivity index (χ2n) is 5.94. The van der Waals surface area contributed by atoms with Crippen LogP contribution in [-0.4, -0.2) is 92.2 Å². The minimum absolute atomic E-state index is 0.0746. The number of piperidine rings is 1. The SMILES string of the molecule is CS(=O)(=O)N1CCN(C(=O)CN2CCC(CO)CC2)CC1. The number of carbonyl (C=O) groups is 1. The first-order valence-electron chi connectivity index (χ1n) is 7.46. The lowest BCUT2D eigenvalue weighted by Gasteiger charge is -2.36. The van der Waals surface area contributed by atoms with E-state index >= 15 is 0 Å². The highest BCUT2D eigenvalue weighted by Gasteiger charge is 2.27. The van der Waals surface area contributed by atoms with E-state index in [1.54, 1.807) is 4.90 Å². The summed E-state index contributed by atoms with van der Waals surface area (Å²) in [5.74, 6) is 0.445. The standard InChI is InChI=1S/C13H25N3O4S/c1-21(19,20)16-8-6-15(7-9-16)13(18)10-14-4-2-12(11-17)3-5-14/h12,17H,2-11H2,1H3. The first kappa shape index (κ1) is 16.7. The van der Waals surface area contributed by atoms with Gasteiger partial charge in [-0.25, -0.2) is 8.42 Å². The summed E-state index contributed by atoms with van der Waals surface area (Å²) >= 11 is 0. The third-order valence-corrected chi connectivity index (χ3v) is 5.69. The van der Waals surface area contributed by atoms with Crippen LogP contribution in [0.15, 0.2) is 0 Å². The van der Waals surface area contributed by atoms with Gasteiger partial charge in [-0.05, 0) is 31.8 Å². The fourth-order valence-electron chi connectivity index (χ4n) is 2.89. The third-order valence-electron chi connectivity index (χ3n) is 4.38. The number of hydrogen-bond donors (Lipinski definition) is 1. The Morgan fingerprint density at radius 1 is 1.10 bits per heavy atom. The van der Waals surface area contributed by atoms with Crippen LogP contribution < -0.4 is 0 Å². The van der Waals surface area contributed by atoms with Gasteiger partial charge in [0, 0.05) is 32.8 Å². The maximum Gasteiger partial charge on any atom is 0.236 e. The van der Waals surface area contributed by atoms with Crippen molar-refractivity contribution in [2.24, 2.45) is 5.92 Å². The van der Waals surface area contributed by atoms with Gasteiger partial charge in [0.1, 0.15) is 0 Å². The van der Waals surface area contributed by atoms with Gasteiger partial charge < -0.3 is 10.0 Å². The van der Waals surface area contributed by atoms with Gasteiger partial charge in [-0.2, -0.15) is 4.31 Å². The molecule has 21 heavy (non-hydrogen) atoms. The lowest BCUT2D eigenvalue weighted by molar-refractivity contribution is -0.134. The molecule has 0 saturated carbocycles. The summed E-state index contributed by atoms with van der Waals surface area (Å²) in [5.41, 5.74) is 0. The van der Waals surface area contributed by atoms with Gasteiger partial charge in [-0.3, -0.25) is 9.69 Å². The van der Waals surface area contributed by atoms with Crippen LogP contribution >= 0.6 is 0 Å². The van der Waals surface area contributed by atoms with Gasteiger partial charge in [-0.1, -0.05) is 0 Å². The van der Waals surface area contributed by atoms with Crippen LogP contribution in [0.25, 0.3) is 0 Å². The molecular weight excluding hydrogens is 294 g/mol. The van der Waals surface area contributed by atoms with Crippen LogP contribution in [0, 0.1) is 5.92 Å². The molecule has 2 heterocycles. The third kappa shape index (κ3) is 4.64. The van der Waals surface area contributed by atoms with E-state index in [1.807, 2.05) is 0 Å². The van der Waals surface area contributed by atoms with Crippen molar-refractivity contribution in [3.05, 3.63) is 0 Å². The summed E-state index contributed by atoms with van der Waals surface area (Å²) in [6.07, 6.45) is 3.08. The summed E-state index contributed by atoms with van der Waals surface area (Å²) in [6, 6.07) is 0. The van der Waals surface area contributed by atoms with Gasteiger partial charge in [-0.15, -0.1) is 0 Å². The van der Waals surface area contributed by atoms with Crippen molar-refractivity contribution in [3.63, 3.8) is 0 Å². The Balaban J connectivity index is 1.75. The molecule has 2 aliphatic rings. The van der Waals surface area contributed by atoms with Crippen LogP contribution in [0.3, 0.4) is 0 Å². The number of hydrogen-bond acceptors (Lipinski definition) is 5. The van der Waals surface area contributed by atoms with Crippen LogP contribution in [0.1, 0.15) is 12.8 Å². The Morgan fingerprint density at radius 3 is 2.14 bits per heavy atom. The van der Waals surface area contributed by atoms with Crippen LogP contribution in [-0.2, 0) is 14.8 Å². The highest BCUT2D eigenvalue weighted by Crippen LogP contribution is 2.16. The summed E-state index contributed by atoms with van der Waals surface area (Å²) < 4.78 is 24.3. The van der Waals surface area contributed by atoms with E-state index < -0.39 is 10.0 Å². The van der Waals surface area contributed by atoms with Crippen molar-refractivity contribution in [2.75, 3.05) is 58.7 Å². The van der Waals surface area contributed by atoms with Crippen LogP contribution in [0.2, 0.25) is 0 Å². The molecule has 2 rings (SSSR count). The number of likely N-dealkylation sites (tertiary alicyclic amines) is 1. The summed E-state index contributed by atoms with van der Waals surface area (Å²) in [4.78, 5) is 16.1. The molecule has 2 aliphatic heterocycles. The number of rotatable bonds is 4. The molecule has 0 unspecified atom stereocenters. The van der Waals surface area contributed by atoms with Gasteiger partial charge in [0.2, 0.25) is 15.9 Å². The summed E-state index contributed by atoms with van der Waals surface area (Å²) in [5, 5.41) is 9.11. The average Bonchev–Trinajstić information content (AvgIpc) is 2.47. The first-order chi connectivity index (χ1) is 9.90. The minimum atomic E-state index is -3.15. The topological polar surface area (TPSA) is 81.2 Å². The number of nitrogens with zero attached hydrogens (tertiary/aromatic N) is 3. The molecule has 1 amide bonds. The van der Waals surface area contributed by atoms with Gasteiger partial charge >= 0.3 is 0 Å². The molecule has 2 saturated heterocycles. The smallest absolute Gasteiger partial charge is 0.236 e. The molecular formula is C13H25N3O4S. The Morgan fingerprint density at radius 2 is 1.67 bits per heavy atom. The van der Waals surface area contributed by atoms with E-state index in [4.69, 9.17) is 5.11 Å². The van der Waals surface area contributed by atoms with Crippen LogP contribution in [0.5, 0.6) is 0 Å². The summed E-state index contributed by atoms with van der Waals surface area (Å²) in [7, 11) is -3.15. The zero-order valence-corrected chi connectivity index (χ0v) is 13.4. The molecule has 0 aliphatic carbocycles. The van der Waals surface area contributed by atoms with E-state index in [0.717, 1.165) is 25.9 Å². The molecule has 1 N–H and O–H groups in total. The molecule has 2 fully saturated rings.